The third-order valence-corrected chi connectivity index (χ3v) is 3.64. The third-order valence-electron chi connectivity index (χ3n) is 3.64. The number of fused-ring (bicyclic) bond motifs is 1. The van der Waals surface area contributed by atoms with Gasteiger partial charge in [0, 0.05) is 17.3 Å². The molecule has 0 saturated carbocycles. The lowest BCUT2D eigenvalue weighted by Crippen LogP contribution is -2.09. The first-order valence-electron chi connectivity index (χ1n) is 6.57. The summed E-state index contributed by atoms with van der Waals surface area (Å²) in [6, 6.07) is 7.14. The van der Waals surface area contributed by atoms with Crippen LogP contribution >= 0.6 is 0 Å². The summed E-state index contributed by atoms with van der Waals surface area (Å²) in [5.41, 5.74) is 3.14. The van der Waals surface area contributed by atoms with E-state index >= 15 is 0 Å². The van der Waals surface area contributed by atoms with Gasteiger partial charge in [0.05, 0.1) is 0 Å². The molecule has 1 aromatic carbocycles. The molecule has 0 atom stereocenters. The van der Waals surface area contributed by atoms with Gasteiger partial charge in [-0.15, -0.1) is 0 Å². The lowest BCUT2D eigenvalue weighted by atomic mass is 9.88. The number of halogens is 2. The van der Waals surface area contributed by atoms with Crippen LogP contribution in [0.3, 0.4) is 0 Å². The maximum Gasteiger partial charge on any atom is 0.141 e. The van der Waals surface area contributed by atoms with E-state index in [1.165, 1.54) is 12.1 Å². The van der Waals surface area contributed by atoms with Gasteiger partial charge in [0.25, 0.3) is 0 Å². The van der Waals surface area contributed by atoms with Gasteiger partial charge in [0.1, 0.15) is 23.4 Å². The Morgan fingerprint density at radius 3 is 2.60 bits per heavy atom. The van der Waals surface area contributed by atoms with Crippen LogP contribution < -0.4 is 0 Å². The number of pyridine rings is 1. The van der Waals surface area contributed by atoms with E-state index in [9.17, 15) is 8.78 Å². The molecule has 100 valence electrons. The average molecular weight is 270 g/mol. The molecule has 0 unspecified atom stereocenters. The zero-order chi connectivity index (χ0) is 14.1. The van der Waals surface area contributed by atoms with E-state index in [0.717, 1.165) is 43.0 Å². The normalized spacial score (nSPS) is 13.7. The van der Waals surface area contributed by atoms with Gasteiger partial charge in [-0.3, -0.25) is 0 Å². The predicted octanol–water partition coefficient (Wildman–Crippen LogP) is 3.78. The first-order chi connectivity index (χ1) is 9.69. The van der Waals surface area contributed by atoms with Gasteiger partial charge in [0.2, 0.25) is 0 Å². The van der Waals surface area contributed by atoms with Crippen molar-refractivity contribution in [3.8, 4) is 17.2 Å². The minimum Gasteiger partial charge on any atom is -0.242 e. The molecule has 0 saturated heterocycles. The molecule has 4 heteroatoms. The summed E-state index contributed by atoms with van der Waals surface area (Å²) in [4.78, 5) is 4.31. The van der Waals surface area contributed by atoms with Crippen LogP contribution in [0, 0.1) is 23.0 Å². The smallest absolute Gasteiger partial charge is 0.141 e. The van der Waals surface area contributed by atoms with Crippen molar-refractivity contribution in [1.82, 2.24) is 4.98 Å². The second-order valence-corrected chi connectivity index (χ2v) is 4.92. The fourth-order valence-corrected chi connectivity index (χ4v) is 2.71. The summed E-state index contributed by atoms with van der Waals surface area (Å²) in [5, 5.41) is 9.06. The van der Waals surface area contributed by atoms with Crippen molar-refractivity contribution in [2.75, 3.05) is 0 Å². The Morgan fingerprint density at radius 2 is 1.85 bits per heavy atom. The molecule has 2 nitrogen and oxygen atoms in total. The topological polar surface area (TPSA) is 36.7 Å². The number of hydrogen-bond acceptors (Lipinski definition) is 2. The number of rotatable bonds is 1. The van der Waals surface area contributed by atoms with Crippen molar-refractivity contribution in [3.63, 3.8) is 0 Å². The van der Waals surface area contributed by atoms with Crippen molar-refractivity contribution in [1.29, 1.82) is 5.26 Å². The minimum absolute atomic E-state index is 0.282. The van der Waals surface area contributed by atoms with Crippen molar-refractivity contribution >= 4 is 0 Å². The monoisotopic (exact) mass is 270 g/mol. The largest absolute Gasteiger partial charge is 0.242 e. The van der Waals surface area contributed by atoms with Crippen LogP contribution in [0.5, 0.6) is 0 Å². The molecule has 1 heterocycles. The highest BCUT2D eigenvalue weighted by molar-refractivity contribution is 5.70. The Hall–Kier alpha value is -2.28. The minimum atomic E-state index is -0.604. The maximum atomic E-state index is 14.0. The SMILES string of the molecule is N#Cc1cc(-c2ccc(F)cc2F)c2c(n1)CCCC2. The number of benzene rings is 1. The third kappa shape index (κ3) is 2.16. The number of nitriles is 1. The molecular formula is C16H12F2N2. The maximum absolute atomic E-state index is 14.0. The van der Waals surface area contributed by atoms with Crippen LogP contribution in [-0.2, 0) is 12.8 Å². The number of nitrogens with zero attached hydrogens (tertiary/aromatic N) is 2. The Balaban J connectivity index is 2.24. The van der Waals surface area contributed by atoms with E-state index < -0.39 is 11.6 Å². The van der Waals surface area contributed by atoms with Crippen LogP contribution in [0.25, 0.3) is 11.1 Å². The second-order valence-electron chi connectivity index (χ2n) is 4.92. The molecule has 0 bridgehead atoms. The van der Waals surface area contributed by atoms with Crippen LogP contribution in [0.15, 0.2) is 24.3 Å². The van der Waals surface area contributed by atoms with E-state index in [1.807, 2.05) is 6.07 Å². The Labute approximate surface area is 115 Å². The highest BCUT2D eigenvalue weighted by atomic mass is 19.1. The zero-order valence-corrected chi connectivity index (χ0v) is 10.8. The summed E-state index contributed by atoms with van der Waals surface area (Å²) in [5.74, 6) is -1.21. The molecular weight excluding hydrogens is 258 g/mol. The molecule has 3 rings (SSSR count). The summed E-state index contributed by atoms with van der Waals surface area (Å²) in [6.07, 6.45) is 3.68. The summed E-state index contributed by atoms with van der Waals surface area (Å²) >= 11 is 0. The molecule has 2 aromatic rings. The van der Waals surface area contributed by atoms with E-state index in [2.05, 4.69) is 4.98 Å². The molecule has 1 aliphatic carbocycles. The number of hydrogen-bond donors (Lipinski definition) is 0. The molecule has 0 amide bonds. The molecule has 1 aromatic heterocycles. The molecule has 0 spiro atoms. The van der Waals surface area contributed by atoms with Gasteiger partial charge in [-0.25, -0.2) is 13.8 Å². The van der Waals surface area contributed by atoms with Gasteiger partial charge in [0.15, 0.2) is 0 Å². The zero-order valence-electron chi connectivity index (χ0n) is 10.8. The van der Waals surface area contributed by atoms with Crippen molar-refractivity contribution < 1.29 is 8.78 Å². The van der Waals surface area contributed by atoms with Gasteiger partial charge >= 0.3 is 0 Å². The first kappa shape index (κ1) is 12.7. The lowest BCUT2D eigenvalue weighted by molar-refractivity contribution is 0.585. The second kappa shape index (κ2) is 5.01. The molecule has 1 aliphatic rings. The Bertz CT molecular complexity index is 717. The summed E-state index contributed by atoms with van der Waals surface area (Å²) in [7, 11) is 0. The Morgan fingerprint density at radius 1 is 1.05 bits per heavy atom. The molecule has 0 fully saturated rings. The standard InChI is InChI=1S/C16H12F2N2/c17-10-5-6-12(15(18)7-10)14-8-11(9-19)20-16-4-2-1-3-13(14)16/h5-8H,1-4H2. The fraction of sp³-hybridized carbons (Fsp3) is 0.250. The highest BCUT2D eigenvalue weighted by Gasteiger charge is 2.19. The van der Waals surface area contributed by atoms with E-state index in [0.29, 0.717) is 11.1 Å². The summed E-state index contributed by atoms with van der Waals surface area (Å²) in [6.45, 7) is 0. The quantitative estimate of drug-likeness (QED) is 0.790. The molecule has 0 N–H and O–H groups in total. The van der Waals surface area contributed by atoms with E-state index in [-0.39, 0.29) is 5.69 Å². The highest BCUT2D eigenvalue weighted by Crippen LogP contribution is 2.33. The van der Waals surface area contributed by atoms with Gasteiger partial charge in [-0.1, -0.05) is 0 Å². The van der Waals surface area contributed by atoms with E-state index in [4.69, 9.17) is 5.26 Å². The van der Waals surface area contributed by atoms with Crippen molar-refractivity contribution in [2.24, 2.45) is 0 Å². The molecule has 20 heavy (non-hydrogen) atoms. The van der Waals surface area contributed by atoms with Gasteiger partial charge < -0.3 is 0 Å². The van der Waals surface area contributed by atoms with E-state index in [1.54, 1.807) is 6.07 Å². The van der Waals surface area contributed by atoms with Crippen molar-refractivity contribution in [2.45, 2.75) is 25.7 Å². The van der Waals surface area contributed by atoms with Gasteiger partial charge in [-0.05, 0) is 55.0 Å². The first-order valence-corrected chi connectivity index (χ1v) is 6.57. The molecule has 0 radical (unpaired) electrons. The van der Waals surface area contributed by atoms with Gasteiger partial charge in [-0.2, -0.15) is 5.26 Å². The number of aryl methyl sites for hydroxylation is 1. The van der Waals surface area contributed by atoms with Crippen LogP contribution in [0.4, 0.5) is 8.78 Å². The van der Waals surface area contributed by atoms with Crippen LogP contribution in [0.1, 0.15) is 29.8 Å². The lowest BCUT2D eigenvalue weighted by Gasteiger charge is -2.19. The predicted molar refractivity (Wildman–Crippen MR) is 70.9 cm³/mol. The number of aromatic nitrogens is 1. The fourth-order valence-electron chi connectivity index (χ4n) is 2.71. The van der Waals surface area contributed by atoms with Crippen LogP contribution in [-0.4, -0.2) is 4.98 Å². The molecule has 0 aliphatic heterocycles. The average Bonchev–Trinajstić information content (AvgIpc) is 2.46. The van der Waals surface area contributed by atoms with Crippen LogP contribution in [0.2, 0.25) is 0 Å². The van der Waals surface area contributed by atoms with Crippen molar-refractivity contribution in [3.05, 3.63) is 52.9 Å². The Kier molecular flexibility index (Phi) is 3.19. The summed E-state index contributed by atoms with van der Waals surface area (Å²) < 4.78 is 27.0.